The average Bonchev–Trinajstić information content (AvgIpc) is 2.96. The summed E-state index contributed by atoms with van der Waals surface area (Å²) in [6.45, 7) is 0. The number of nitrogens with zero attached hydrogens (tertiary/aromatic N) is 1. The summed E-state index contributed by atoms with van der Waals surface area (Å²) < 4.78 is 52.7. The first-order valence-electron chi connectivity index (χ1n) is 7.22. The Bertz CT molecular complexity index is 915. The maximum atomic E-state index is 13.7. The van der Waals surface area contributed by atoms with Gasteiger partial charge in [0.25, 0.3) is 0 Å². The lowest BCUT2D eigenvalue weighted by Gasteiger charge is -2.07. The van der Waals surface area contributed by atoms with Gasteiger partial charge in [-0.25, -0.2) is 9.37 Å². The zero-order chi connectivity index (χ0) is 17.2. The molecular formula is C18H12F4N2. The van der Waals surface area contributed by atoms with Gasteiger partial charge in [-0.3, -0.25) is 0 Å². The zero-order valence-corrected chi connectivity index (χ0v) is 12.4. The molecule has 0 saturated carbocycles. The second kappa shape index (κ2) is 6.36. The number of aryl methyl sites for hydroxylation is 1. The number of nitrogens with one attached hydrogen (secondary N) is 1. The molecule has 1 aromatic carbocycles. The van der Waals surface area contributed by atoms with E-state index in [9.17, 15) is 17.6 Å². The molecule has 0 aliphatic heterocycles. The summed E-state index contributed by atoms with van der Waals surface area (Å²) in [5.41, 5.74) is 0.161. The third kappa shape index (κ3) is 3.40. The fraction of sp³-hybridized carbons (Fsp3) is 0.167. The second-order valence-corrected chi connectivity index (χ2v) is 5.19. The van der Waals surface area contributed by atoms with Crippen LogP contribution in [0.3, 0.4) is 0 Å². The number of hydrogen-bond donors (Lipinski definition) is 1. The Morgan fingerprint density at radius 2 is 1.96 bits per heavy atom. The van der Waals surface area contributed by atoms with E-state index in [0.29, 0.717) is 24.2 Å². The van der Waals surface area contributed by atoms with Crippen LogP contribution in [0.25, 0.3) is 10.9 Å². The molecule has 0 aliphatic carbocycles. The number of aromatic nitrogens is 2. The molecule has 0 unspecified atom stereocenters. The Morgan fingerprint density at radius 1 is 1.12 bits per heavy atom. The predicted molar refractivity (Wildman–Crippen MR) is 82.7 cm³/mol. The molecule has 0 saturated heterocycles. The molecule has 0 atom stereocenters. The monoisotopic (exact) mass is 332 g/mol. The molecule has 3 rings (SSSR count). The number of pyridine rings is 1. The summed E-state index contributed by atoms with van der Waals surface area (Å²) in [7, 11) is 0. The number of alkyl halides is 3. The molecule has 2 aromatic heterocycles. The first kappa shape index (κ1) is 16.1. The Labute approximate surface area is 135 Å². The summed E-state index contributed by atoms with van der Waals surface area (Å²) in [6.07, 6.45) is -2.08. The Balaban J connectivity index is 1.81. The van der Waals surface area contributed by atoms with Crippen molar-refractivity contribution in [2.24, 2.45) is 0 Å². The van der Waals surface area contributed by atoms with E-state index in [1.165, 1.54) is 6.07 Å². The number of hydrogen-bond acceptors (Lipinski definition) is 1. The van der Waals surface area contributed by atoms with Gasteiger partial charge in [-0.05, 0) is 42.7 Å². The minimum atomic E-state index is -4.52. The quantitative estimate of drug-likeness (QED) is 0.534. The van der Waals surface area contributed by atoms with Crippen LogP contribution in [0.1, 0.15) is 23.4 Å². The number of H-pyrrole nitrogens is 1. The fourth-order valence-corrected chi connectivity index (χ4v) is 2.41. The van der Waals surface area contributed by atoms with Gasteiger partial charge in [0.15, 0.2) is 0 Å². The van der Waals surface area contributed by atoms with E-state index in [-0.39, 0.29) is 10.9 Å². The normalized spacial score (nSPS) is 11.3. The second-order valence-electron chi connectivity index (χ2n) is 5.19. The van der Waals surface area contributed by atoms with E-state index < -0.39 is 17.6 Å². The van der Waals surface area contributed by atoms with Crippen molar-refractivity contribution in [2.45, 2.75) is 19.0 Å². The van der Waals surface area contributed by atoms with Crippen molar-refractivity contribution in [3.8, 4) is 11.8 Å². The van der Waals surface area contributed by atoms with Crippen LogP contribution < -0.4 is 0 Å². The Kier molecular flexibility index (Phi) is 4.26. The lowest BCUT2D eigenvalue weighted by Crippen LogP contribution is -2.05. The number of rotatable bonds is 2. The zero-order valence-electron chi connectivity index (χ0n) is 12.4. The smallest absolute Gasteiger partial charge is 0.356 e. The van der Waals surface area contributed by atoms with Crippen molar-refractivity contribution in [1.82, 2.24) is 9.97 Å². The van der Waals surface area contributed by atoms with Crippen LogP contribution in [-0.2, 0) is 12.6 Å². The summed E-state index contributed by atoms with van der Waals surface area (Å²) in [6, 6.07) is 8.28. The maximum Gasteiger partial charge on any atom is 0.417 e. The van der Waals surface area contributed by atoms with Crippen LogP contribution in [0.15, 0.2) is 42.6 Å². The fourth-order valence-electron chi connectivity index (χ4n) is 2.41. The number of fused-ring (bicyclic) bond motifs is 1. The van der Waals surface area contributed by atoms with Crippen LogP contribution >= 0.6 is 0 Å². The highest BCUT2D eigenvalue weighted by atomic mass is 19.4. The minimum Gasteiger partial charge on any atom is -0.356 e. The van der Waals surface area contributed by atoms with E-state index in [0.717, 1.165) is 12.1 Å². The van der Waals surface area contributed by atoms with E-state index in [2.05, 4.69) is 21.8 Å². The molecule has 1 N–H and O–H groups in total. The van der Waals surface area contributed by atoms with Crippen LogP contribution in [-0.4, -0.2) is 9.97 Å². The van der Waals surface area contributed by atoms with Crippen molar-refractivity contribution in [3.05, 3.63) is 65.4 Å². The summed E-state index contributed by atoms with van der Waals surface area (Å²) in [5, 5.41) is -0.157. The van der Waals surface area contributed by atoms with Gasteiger partial charge in [0.2, 0.25) is 0 Å². The summed E-state index contributed by atoms with van der Waals surface area (Å²) in [5.74, 6) is 5.07. The van der Waals surface area contributed by atoms with Crippen LogP contribution in [0.5, 0.6) is 0 Å². The molecule has 6 heteroatoms. The molecule has 0 aliphatic rings. The SMILES string of the molecule is Fc1ccc(C(F)(F)F)c2cc(CCC#Cc3ccccn3)[nH]c12. The lowest BCUT2D eigenvalue weighted by molar-refractivity contribution is -0.136. The molecule has 0 amide bonds. The highest BCUT2D eigenvalue weighted by molar-refractivity contribution is 5.85. The van der Waals surface area contributed by atoms with Crippen molar-refractivity contribution < 1.29 is 17.6 Å². The molecule has 122 valence electrons. The van der Waals surface area contributed by atoms with E-state index >= 15 is 0 Å². The van der Waals surface area contributed by atoms with Crippen LogP contribution in [0.4, 0.5) is 17.6 Å². The van der Waals surface area contributed by atoms with E-state index in [1.54, 1.807) is 18.3 Å². The average molecular weight is 332 g/mol. The molecule has 24 heavy (non-hydrogen) atoms. The van der Waals surface area contributed by atoms with Gasteiger partial charge in [-0.1, -0.05) is 12.0 Å². The molecule has 2 nitrogen and oxygen atoms in total. The molecule has 0 radical (unpaired) electrons. The largest absolute Gasteiger partial charge is 0.417 e. The summed E-state index contributed by atoms with van der Waals surface area (Å²) in [4.78, 5) is 6.77. The highest BCUT2D eigenvalue weighted by Crippen LogP contribution is 2.36. The predicted octanol–water partition coefficient (Wildman–Crippen LogP) is 4.71. The number of benzene rings is 1. The van der Waals surface area contributed by atoms with Gasteiger partial charge >= 0.3 is 6.18 Å². The Hall–Kier alpha value is -2.81. The third-order valence-corrected chi connectivity index (χ3v) is 3.50. The molecule has 0 fully saturated rings. The minimum absolute atomic E-state index is 0.127. The van der Waals surface area contributed by atoms with Gasteiger partial charge in [0.05, 0.1) is 11.1 Å². The summed E-state index contributed by atoms with van der Waals surface area (Å²) >= 11 is 0. The van der Waals surface area contributed by atoms with E-state index in [4.69, 9.17) is 0 Å². The molecule has 0 spiro atoms. The van der Waals surface area contributed by atoms with Crippen molar-refractivity contribution in [1.29, 1.82) is 0 Å². The number of halogens is 4. The van der Waals surface area contributed by atoms with Gasteiger partial charge in [-0.15, -0.1) is 0 Å². The first-order valence-corrected chi connectivity index (χ1v) is 7.22. The third-order valence-electron chi connectivity index (χ3n) is 3.50. The van der Waals surface area contributed by atoms with Crippen LogP contribution in [0, 0.1) is 17.7 Å². The molecule has 3 aromatic rings. The molecular weight excluding hydrogens is 320 g/mol. The first-order chi connectivity index (χ1) is 11.4. The molecule has 0 bridgehead atoms. The number of aromatic amines is 1. The van der Waals surface area contributed by atoms with E-state index in [1.807, 2.05) is 6.07 Å². The van der Waals surface area contributed by atoms with Gasteiger partial charge in [0, 0.05) is 23.7 Å². The van der Waals surface area contributed by atoms with Gasteiger partial charge in [-0.2, -0.15) is 13.2 Å². The standard InChI is InChI=1S/C18H12F4N2/c19-16-9-8-15(18(20,21)22)14-11-13(24-17(14)16)7-2-1-5-12-6-3-4-10-23-12/h3-4,6,8-11,24H,2,7H2. The van der Waals surface area contributed by atoms with Crippen molar-refractivity contribution in [3.63, 3.8) is 0 Å². The Morgan fingerprint density at radius 3 is 2.67 bits per heavy atom. The lowest BCUT2D eigenvalue weighted by atomic mass is 10.1. The van der Waals surface area contributed by atoms with Crippen LogP contribution in [0.2, 0.25) is 0 Å². The maximum absolute atomic E-state index is 13.7. The topological polar surface area (TPSA) is 28.7 Å². The van der Waals surface area contributed by atoms with Crippen molar-refractivity contribution >= 4 is 10.9 Å². The van der Waals surface area contributed by atoms with Gasteiger partial charge in [0.1, 0.15) is 11.5 Å². The molecule has 2 heterocycles. The van der Waals surface area contributed by atoms with Crippen molar-refractivity contribution in [2.75, 3.05) is 0 Å². The van der Waals surface area contributed by atoms with Gasteiger partial charge < -0.3 is 4.98 Å². The highest BCUT2D eigenvalue weighted by Gasteiger charge is 2.33.